The molecule has 30 heavy (non-hydrogen) atoms. The standard InChI is InChI=1S/C18H12ClF6N3O2/c19-10-8-26-16(27-9-10)30-13-4-1-3-11-12(18(23,24)25)7-14(29)28(15(11)13)6-2-5-17(20,21)22/h1,3-4,7-9H,2,5-6H2. The number of alkyl halides is 6. The first-order chi connectivity index (χ1) is 14.0. The number of hydrogen-bond acceptors (Lipinski definition) is 4. The van der Waals surface area contributed by atoms with E-state index in [0.717, 1.165) is 10.6 Å². The minimum Gasteiger partial charge on any atom is -0.422 e. The van der Waals surface area contributed by atoms with Crippen LogP contribution in [-0.4, -0.2) is 20.7 Å². The lowest BCUT2D eigenvalue weighted by Crippen LogP contribution is -2.24. The molecule has 0 aliphatic rings. The molecule has 12 heteroatoms. The van der Waals surface area contributed by atoms with Crippen LogP contribution in [0.4, 0.5) is 26.3 Å². The highest BCUT2D eigenvalue weighted by Crippen LogP contribution is 2.37. The number of rotatable bonds is 5. The highest BCUT2D eigenvalue weighted by molar-refractivity contribution is 6.30. The molecule has 0 amide bonds. The Labute approximate surface area is 169 Å². The minimum absolute atomic E-state index is 0.184. The van der Waals surface area contributed by atoms with Crippen LogP contribution in [0.15, 0.2) is 41.5 Å². The van der Waals surface area contributed by atoms with E-state index in [0.29, 0.717) is 6.07 Å². The van der Waals surface area contributed by atoms with E-state index in [1.54, 1.807) is 0 Å². The van der Waals surface area contributed by atoms with Gasteiger partial charge in [-0.05, 0) is 12.5 Å². The van der Waals surface area contributed by atoms with E-state index in [2.05, 4.69) is 9.97 Å². The first kappa shape index (κ1) is 21.9. The number of ether oxygens (including phenoxy) is 1. The average molecular weight is 452 g/mol. The molecule has 0 aliphatic carbocycles. The maximum atomic E-state index is 13.5. The summed E-state index contributed by atoms with van der Waals surface area (Å²) in [6.45, 7) is -0.463. The van der Waals surface area contributed by atoms with Crippen molar-refractivity contribution in [2.24, 2.45) is 0 Å². The number of aromatic nitrogens is 3. The number of fused-ring (bicyclic) bond motifs is 1. The van der Waals surface area contributed by atoms with E-state index in [1.165, 1.54) is 24.5 Å². The third-order valence-electron chi connectivity index (χ3n) is 4.04. The van der Waals surface area contributed by atoms with E-state index in [9.17, 15) is 31.1 Å². The number of nitrogens with zero attached hydrogens (tertiary/aromatic N) is 3. The Morgan fingerprint density at radius 1 is 1.07 bits per heavy atom. The van der Waals surface area contributed by atoms with Crippen LogP contribution in [-0.2, 0) is 12.7 Å². The van der Waals surface area contributed by atoms with E-state index in [4.69, 9.17) is 16.3 Å². The summed E-state index contributed by atoms with van der Waals surface area (Å²) in [5, 5.41) is -0.218. The van der Waals surface area contributed by atoms with Gasteiger partial charge in [0.2, 0.25) is 0 Å². The van der Waals surface area contributed by atoms with Crippen LogP contribution < -0.4 is 10.3 Å². The van der Waals surface area contributed by atoms with Crippen LogP contribution >= 0.6 is 11.6 Å². The summed E-state index contributed by atoms with van der Waals surface area (Å²) in [5.74, 6) is -0.218. The first-order valence-corrected chi connectivity index (χ1v) is 8.79. The first-order valence-electron chi connectivity index (χ1n) is 8.41. The fourth-order valence-corrected chi connectivity index (χ4v) is 2.93. The normalized spacial score (nSPS) is 12.4. The Morgan fingerprint density at radius 3 is 2.33 bits per heavy atom. The molecule has 0 spiro atoms. The van der Waals surface area contributed by atoms with E-state index < -0.39 is 48.2 Å². The van der Waals surface area contributed by atoms with Gasteiger partial charge in [0.05, 0.1) is 28.5 Å². The topological polar surface area (TPSA) is 57.0 Å². The molecular weight excluding hydrogens is 440 g/mol. The van der Waals surface area contributed by atoms with E-state index in [1.807, 2.05) is 0 Å². The van der Waals surface area contributed by atoms with Crippen LogP contribution in [0.25, 0.3) is 10.9 Å². The third-order valence-corrected chi connectivity index (χ3v) is 4.23. The van der Waals surface area contributed by atoms with E-state index >= 15 is 0 Å². The lowest BCUT2D eigenvalue weighted by Gasteiger charge is -2.18. The van der Waals surface area contributed by atoms with Crippen LogP contribution in [0, 0.1) is 0 Å². The lowest BCUT2D eigenvalue weighted by molar-refractivity contribution is -0.136. The molecule has 0 fully saturated rings. The van der Waals surface area contributed by atoms with Crippen molar-refractivity contribution < 1.29 is 31.1 Å². The maximum Gasteiger partial charge on any atom is 0.417 e. The van der Waals surface area contributed by atoms with Gasteiger partial charge in [-0.15, -0.1) is 0 Å². The minimum atomic E-state index is -4.86. The number of benzene rings is 1. The summed E-state index contributed by atoms with van der Waals surface area (Å²) in [6, 6.07) is 3.72. The Kier molecular flexibility index (Phi) is 5.93. The monoisotopic (exact) mass is 451 g/mol. The number of para-hydroxylation sites is 1. The van der Waals surface area contributed by atoms with Gasteiger partial charge in [-0.2, -0.15) is 26.3 Å². The molecule has 0 unspecified atom stereocenters. The predicted molar refractivity (Wildman–Crippen MR) is 95.6 cm³/mol. The highest BCUT2D eigenvalue weighted by Gasteiger charge is 2.35. The second-order valence-electron chi connectivity index (χ2n) is 6.20. The molecule has 160 valence electrons. The molecule has 0 N–H and O–H groups in total. The van der Waals surface area contributed by atoms with Gasteiger partial charge in [0.25, 0.3) is 5.56 Å². The zero-order valence-electron chi connectivity index (χ0n) is 14.9. The van der Waals surface area contributed by atoms with Crippen LogP contribution in [0.1, 0.15) is 18.4 Å². The van der Waals surface area contributed by atoms with Crippen molar-refractivity contribution in [2.75, 3.05) is 0 Å². The summed E-state index contributed by atoms with van der Waals surface area (Å²) in [5.41, 5.74) is -2.64. The SMILES string of the molecule is O=c1cc(C(F)(F)F)c2cccc(Oc3ncc(Cl)cn3)c2n1CCCC(F)(F)F. The molecule has 0 radical (unpaired) electrons. The molecule has 1 aromatic carbocycles. The third kappa shape index (κ3) is 5.02. The van der Waals surface area contributed by atoms with Crippen molar-refractivity contribution in [3.63, 3.8) is 0 Å². The molecule has 0 saturated carbocycles. The lowest BCUT2D eigenvalue weighted by atomic mass is 10.1. The van der Waals surface area contributed by atoms with Gasteiger partial charge in [-0.25, -0.2) is 9.97 Å². The zero-order chi connectivity index (χ0) is 22.1. The van der Waals surface area contributed by atoms with Gasteiger partial charge in [0.15, 0.2) is 5.75 Å². The molecule has 0 bridgehead atoms. The molecule has 0 saturated heterocycles. The van der Waals surface area contributed by atoms with Gasteiger partial charge in [-0.3, -0.25) is 4.79 Å². The summed E-state index contributed by atoms with van der Waals surface area (Å²) in [4.78, 5) is 19.9. The molecule has 5 nitrogen and oxygen atoms in total. The summed E-state index contributed by atoms with van der Waals surface area (Å²) in [6.07, 6.45) is -8.67. The van der Waals surface area contributed by atoms with Crippen molar-refractivity contribution in [1.82, 2.24) is 14.5 Å². The summed E-state index contributed by atoms with van der Waals surface area (Å²) < 4.78 is 84.2. The second-order valence-corrected chi connectivity index (χ2v) is 6.64. The van der Waals surface area contributed by atoms with Gasteiger partial charge in [0.1, 0.15) is 0 Å². The summed E-state index contributed by atoms with van der Waals surface area (Å²) >= 11 is 5.68. The Bertz CT molecular complexity index is 1110. The molecule has 0 aliphatic heterocycles. The fourth-order valence-electron chi connectivity index (χ4n) is 2.84. The van der Waals surface area contributed by atoms with Crippen LogP contribution in [0.5, 0.6) is 11.8 Å². The number of aryl methyl sites for hydroxylation is 1. The molecule has 3 aromatic rings. The fraction of sp³-hybridized carbons (Fsp3) is 0.278. The van der Waals surface area contributed by atoms with Gasteiger partial charge >= 0.3 is 18.4 Å². The van der Waals surface area contributed by atoms with Gasteiger partial charge in [0, 0.05) is 24.4 Å². The van der Waals surface area contributed by atoms with Gasteiger partial charge in [-0.1, -0.05) is 23.7 Å². The molecule has 2 aromatic heterocycles. The van der Waals surface area contributed by atoms with Crippen molar-refractivity contribution in [1.29, 1.82) is 0 Å². The van der Waals surface area contributed by atoms with Crippen molar-refractivity contribution >= 4 is 22.5 Å². The molecule has 0 atom stereocenters. The Hall–Kier alpha value is -2.82. The van der Waals surface area contributed by atoms with Crippen LogP contribution in [0.3, 0.4) is 0 Å². The smallest absolute Gasteiger partial charge is 0.417 e. The van der Waals surface area contributed by atoms with Crippen molar-refractivity contribution in [3.05, 3.63) is 57.6 Å². The largest absolute Gasteiger partial charge is 0.422 e. The number of pyridine rings is 1. The molecule has 2 heterocycles. The molecule has 3 rings (SSSR count). The van der Waals surface area contributed by atoms with E-state index in [-0.39, 0.29) is 22.3 Å². The van der Waals surface area contributed by atoms with Crippen LogP contribution in [0.2, 0.25) is 5.02 Å². The zero-order valence-corrected chi connectivity index (χ0v) is 15.6. The number of hydrogen-bond donors (Lipinski definition) is 0. The quantitative estimate of drug-likeness (QED) is 0.474. The maximum absolute atomic E-state index is 13.5. The Balaban J connectivity index is 2.16. The molecular formula is C18H12ClF6N3O2. The summed E-state index contributed by atoms with van der Waals surface area (Å²) in [7, 11) is 0. The predicted octanol–water partition coefficient (Wildman–Crippen LogP) is 5.60. The highest BCUT2D eigenvalue weighted by atomic mass is 35.5. The Morgan fingerprint density at radius 2 is 1.73 bits per heavy atom. The van der Waals surface area contributed by atoms with Crippen molar-refractivity contribution in [2.45, 2.75) is 31.7 Å². The average Bonchev–Trinajstić information content (AvgIpc) is 2.63. The second kappa shape index (κ2) is 8.13. The van der Waals surface area contributed by atoms with Gasteiger partial charge < -0.3 is 9.30 Å². The number of halogens is 7. The van der Waals surface area contributed by atoms with Crippen molar-refractivity contribution in [3.8, 4) is 11.8 Å².